The number of nitrogens with one attached hydrogen (secondary N) is 1. The van der Waals surface area contributed by atoms with E-state index >= 15 is 0 Å². The van der Waals surface area contributed by atoms with Crippen molar-refractivity contribution in [2.45, 2.75) is 25.3 Å². The van der Waals surface area contributed by atoms with Gasteiger partial charge >= 0.3 is 5.97 Å². The Morgan fingerprint density at radius 2 is 2.18 bits per heavy atom. The number of carbonyl (C=O) groups is 1. The summed E-state index contributed by atoms with van der Waals surface area (Å²) in [5, 5.41) is 12.9. The van der Waals surface area contributed by atoms with Crippen molar-refractivity contribution in [1.82, 2.24) is 29.3 Å². The third-order valence-corrected chi connectivity index (χ3v) is 4.87. The second kappa shape index (κ2) is 6.15. The maximum atomic E-state index is 12.7. The zero-order valence-electron chi connectivity index (χ0n) is 14.7. The van der Waals surface area contributed by atoms with Gasteiger partial charge in [0.2, 0.25) is 5.95 Å². The Kier molecular flexibility index (Phi) is 3.61. The first kappa shape index (κ1) is 16.4. The van der Waals surface area contributed by atoms with Crippen LogP contribution in [0.15, 0.2) is 47.8 Å². The van der Waals surface area contributed by atoms with Crippen molar-refractivity contribution in [1.29, 1.82) is 0 Å². The van der Waals surface area contributed by atoms with E-state index in [1.807, 2.05) is 12.1 Å². The van der Waals surface area contributed by atoms with E-state index in [2.05, 4.69) is 32.2 Å². The first-order chi connectivity index (χ1) is 13.6. The number of hydrogen-bond donors (Lipinski definition) is 2. The molecule has 0 unspecified atom stereocenters. The van der Waals surface area contributed by atoms with Crippen LogP contribution in [-0.2, 0) is 6.54 Å². The Morgan fingerprint density at radius 1 is 1.32 bits per heavy atom. The molecule has 2 N–H and O–H groups in total. The summed E-state index contributed by atoms with van der Waals surface area (Å²) in [7, 11) is 0. The van der Waals surface area contributed by atoms with Crippen LogP contribution in [0.25, 0.3) is 17.1 Å². The quantitative estimate of drug-likeness (QED) is 0.549. The molecular weight excluding hydrogens is 360 g/mol. The van der Waals surface area contributed by atoms with E-state index in [4.69, 9.17) is 5.11 Å². The molecule has 0 aliphatic heterocycles. The lowest BCUT2D eigenvalue weighted by Gasteiger charge is -2.07. The number of nitrogens with zero attached hydrogens (tertiary/aromatic N) is 5. The number of aromatic nitrogens is 6. The van der Waals surface area contributed by atoms with Crippen molar-refractivity contribution >= 4 is 17.1 Å². The monoisotopic (exact) mass is 376 g/mol. The van der Waals surface area contributed by atoms with Crippen LogP contribution in [0.5, 0.6) is 0 Å². The van der Waals surface area contributed by atoms with Gasteiger partial charge in [-0.15, -0.1) is 0 Å². The summed E-state index contributed by atoms with van der Waals surface area (Å²) in [6.45, 7) is 0.520. The van der Waals surface area contributed by atoms with Crippen molar-refractivity contribution in [3.63, 3.8) is 0 Å². The molecule has 4 aromatic rings. The van der Waals surface area contributed by atoms with E-state index in [1.165, 1.54) is 35.5 Å². The van der Waals surface area contributed by atoms with Gasteiger partial charge in [-0.3, -0.25) is 9.78 Å². The molecule has 0 spiro atoms. The lowest BCUT2D eigenvalue weighted by Crippen LogP contribution is -2.16. The maximum Gasteiger partial charge on any atom is 0.338 e. The predicted octanol–water partition coefficient (Wildman–Crippen LogP) is 1.93. The van der Waals surface area contributed by atoms with Crippen LogP contribution in [0.2, 0.25) is 0 Å². The Labute approximate surface area is 158 Å². The van der Waals surface area contributed by atoms with Gasteiger partial charge in [0.15, 0.2) is 11.2 Å². The third-order valence-electron chi connectivity index (χ3n) is 4.87. The number of rotatable bonds is 5. The highest BCUT2D eigenvalue weighted by Gasteiger charge is 2.23. The summed E-state index contributed by atoms with van der Waals surface area (Å²) in [5.41, 5.74) is 2.73. The normalized spacial score (nSPS) is 13.9. The lowest BCUT2D eigenvalue weighted by molar-refractivity contribution is 0.0697. The Hall–Kier alpha value is -3.75. The maximum absolute atomic E-state index is 12.7. The molecular formula is C19H16N6O3. The highest BCUT2D eigenvalue weighted by atomic mass is 16.4. The van der Waals surface area contributed by atoms with Crippen molar-refractivity contribution in [2.75, 3.05) is 0 Å². The molecule has 1 aliphatic carbocycles. The average Bonchev–Trinajstić information content (AvgIpc) is 3.26. The molecule has 140 valence electrons. The number of carboxylic acids is 1. The van der Waals surface area contributed by atoms with Crippen LogP contribution in [-0.4, -0.2) is 40.4 Å². The number of hydrogen-bond acceptors (Lipinski definition) is 5. The molecule has 1 aliphatic rings. The molecule has 28 heavy (non-hydrogen) atoms. The van der Waals surface area contributed by atoms with E-state index in [-0.39, 0.29) is 22.7 Å². The van der Waals surface area contributed by atoms with Crippen LogP contribution in [0.3, 0.4) is 0 Å². The van der Waals surface area contributed by atoms with Crippen LogP contribution >= 0.6 is 0 Å². The van der Waals surface area contributed by atoms with Crippen molar-refractivity contribution < 1.29 is 9.90 Å². The van der Waals surface area contributed by atoms with Gasteiger partial charge < -0.3 is 9.67 Å². The topological polar surface area (TPSA) is 119 Å². The summed E-state index contributed by atoms with van der Waals surface area (Å²) >= 11 is 0. The van der Waals surface area contributed by atoms with E-state index in [9.17, 15) is 9.59 Å². The van der Waals surface area contributed by atoms with Gasteiger partial charge in [-0.1, -0.05) is 24.3 Å². The fourth-order valence-corrected chi connectivity index (χ4v) is 3.31. The number of fused-ring (bicyclic) bond motifs is 1. The molecule has 1 aromatic carbocycles. The SMILES string of the molecule is O=C(O)c1cnn(-c2nc3ncn(Cc4cccc(C5CC5)c4)c3c(=O)[nH]2)c1. The van der Waals surface area contributed by atoms with Gasteiger partial charge in [-0.2, -0.15) is 10.1 Å². The largest absolute Gasteiger partial charge is 0.478 e. The summed E-state index contributed by atoms with van der Waals surface area (Å²) in [4.78, 5) is 34.9. The molecule has 0 bridgehead atoms. The van der Waals surface area contributed by atoms with Gasteiger partial charge in [0, 0.05) is 12.7 Å². The fourth-order valence-electron chi connectivity index (χ4n) is 3.31. The molecule has 9 nitrogen and oxygen atoms in total. The summed E-state index contributed by atoms with van der Waals surface area (Å²) in [6.07, 6.45) is 6.54. The zero-order valence-corrected chi connectivity index (χ0v) is 14.7. The van der Waals surface area contributed by atoms with Crippen LogP contribution < -0.4 is 5.56 Å². The molecule has 9 heteroatoms. The summed E-state index contributed by atoms with van der Waals surface area (Å²) < 4.78 is 2.98. The average molecular weight is 376 g/mol. The number of imidazole rings is 1. The minimum atomic E-state index is -1.10. The molecule has 3 aromatic heterocycles. The first-order valence-electron chi connectivity index (χ1n) is 8.91. The number of carboxylic acid groups (broad SMARTS) is 1. The number of aromatic amines is 1. The first-order valence-corrected chi connectivity index (χ1v) is 8.91. The molecule has 5 rings (SSSR count). The Morgan fingerprint density at radius 3 is 2.93 bits per heavy atom. The van der Waals surface area contributed by atoms with Gasteiger partial charge in [0.05, 0.1) is 18.1 Å². The molecule has 0 saturated heterocycles. The molecule has 0 atom stereocenters. The standard InChI is InChI=1S/C19H16N6O3/c26-17-15-16(22-19(23-17)25-9-14(7-21-25)18(27)28)20-10-24(15)8-11-2-1-3-13(6-11)12-4-5-12/h1-3,6-7,9-10,12H,4-5,8H2,(H,27,28)(H,22,23,26). The third kappa shape index (κ3) is 2.86. The molecule has 1 saturated carbocycles. The molecule has 0 amide bonds. The highest BCUT2D eigenvalue weighted by molar-refractivity contribution is 5.86. The fraction of sp³-hybridized carbons (Fsp3) is 0.211. The van der Waals surface area contributed by atoms with Gasteiger partial charge in [0.25, 0.3) is 5.56 Å². The van der Waals surface area contributed by atoms with Crippen molar-refractivity contribution in [2.24, 2.45) is 0 Å². The zero-order chi connectivity index (χ0) is 19.3. The molecule has 0 radical (unpaired) electrons. The van der Waals surface area contributed by atoms with Crippen molar-refractivity contribution in [3.05, 3.63) is 70.0 Å². The van der Waals surface area contributed by atoms with Crippen LogP contribution in [0.4, 0.5) is 0 Å². The van der Waals surface area contributed by atoms with E-state index in [0.717, 1.165) is 5.56 Å². The highest BCUT2D eigenvalue weighted by Crippen LogP contribution is 2.40. The number of H-pyrrole nitrogens is 1. The Bertz CT molecular complexity index is 1260. The van der Waals surface area contributed by atoms with E-state index in [0.29, 0.717) is 18.0 Å². The van der Waals surface area contributed by atoms with Gasteiger partial charge in [-0.05, 0) is 29.9 Å². The van der Waals surface area contributed by atoms with Crippen molar-refractivity contribution in [3.8, 4) is 5.95 Å². The second-order valence-corrected chi connectivity index (χ2v) is 6.93. The molecule has 3 heterocycles. The lowest BCUT2D eigenvalue weighted by atomic mass is 10.1. The van der Waals surface area contributed by atoms with Crippen LogP contribution in [0, 0.1) is 0 Å². The number of aromatic carboxylic acids is 1. The molecule has 1 fully saturated rings. The Balaban J connectivity index is 1.50. The minimum Gasteiger partial charge on any atom is -0.478 e. The minimum absolute atomic E-state index is 0.00354. The second-order valence-electron chi connectivity index (χ2n) is 6.93. The van der Waals surface area contributed by atoms with Crippen LogP contribution in [0.1, 0.15) is 40.2 Å². The van der Waals surface area contributed by atoms with Gasteiger partial charge in [0.1, 0.15) is 0 Å². The van der Waals surface area contributed by atoms with Gasteiger partial charge in [-0.25, -0.2) is 14.5 Å². The predicted molar refractivity (Wildman–Crippen MR) is 99.7 cm³/mol. The summed E-state index contributed by atoms with van der Waals surface area (Å²) in [5.74, 6) is -0.324. The van der Waals surface area contributed by atoms with E-state index in [1.54, 1.807) is 10.9 Å². The summed E-state index contributed by atoms with van der Waals surface area (Å²) in [6, 6.07) is 8.39. The smallest absolute Gasteiger partial charge is 0.338 e. The van der Waals surface area contributed by atoms with E-state index < -0.39 is 5.97 Å². The number of benzene rings is 1.